The first kappa shape index (κ1) is 13.2. The van der Waals surface area contributed by atoms with Crippen molar-refractivity contribution in [2.45, 2.75) is 24.8 Å². The van der Waals surface area contributed by atoms with E-state index in [2.05, 4.69) is 62.4 Å². The molecule has 1 nitrogen and oxygen atoms in total. The van der Waals surface area contributed by atoms with Gasteiger partial charge in [-0.25, -0.2) is 0 Å². The van der Waals surface area contributed by atoms with Gasteiger partial charge in [0, 0.05) is 16.7 Å². The van der Waals surface area contributed by atoms with E-state index in [-0.39, 0.29) is 6.04 Å². The molecule has 1 atom stereocenters. The lowest BCUT2D eigenvalue weighted by atomic mass is 10.1. The average Bonchev–Trinajstić information content (AvgIpc) is 2.38. The zero-order valence-corrected chi connectivity index (χ0v) is 11.7. The third-order valence-electron chi connectivity index (χ3n) is 2.96. The highest BCUT2D eigenvalue weighted by atomic mass is 32.2. The Morgan fingerprint density at radius 1 is 0.889 bits per heavy atom. The molecular weight excluding hydrogens is 238 g/mol. The zero-order valence-electron chi connectivity index (χ0n) is 10.9. The summed E-state index contributed by atoms with van der Waals surface area (Å²) >= 11 is 1.81. The van der Waals surface area contributed by atoms with Crippen LogP contribution in [0.3, 0.4) is 0 Å². The minimum Gasteiger partial charge on any atom is -0.323 e. The van der Waals surface area contributed by atoms with Crippen molar-refractivity contribution in [2.75, 3.05) is 5.75 Å². The molecule has 0 bridgehead atoms. The van der Waals surface area contributed by atoms with Gasteiger partial charge < -0.3 is 5.73 Å². The Bertz CT molecular complexity index is 488. The maximum absolute atomic E-state index is 6.20. The second-order valence-corrected chi connectivity index (χ2v) is 5.73. The highest BCUT2D eigenvalue weighted by molar-refractivity contribution is 7.99. The molecule has 0 spiro atoms. The molecule has 0 aliphatic carbocycles. The molecule has 0 aromatic heterocycles. The molecule has 2 aromatic rings. The van der Waals surface area contributed by atoms with Crippen LogP contribution in [0, 0.1) is 13.8 Å². The average molecular weight is 257 g/mol. The van der Waals surface area contributed by atoms with Crippen molar-refractivity contribution in [1.29, 1.82) is 0 Å². The van der Waals surface area contributed by atoms with Crippen molar-refractivity contribution in [3.05, 3.63) is 65.2 Å². The van der Waals surface area contributed by atoms with Crippen molar-refractivity contribution in [3.63, 3.8) is 0 Å². The van der Waals surface area contributed by atoms with E-state index in [1.54, 1.807) is 0 Å². The highest BCUT2D eigenvalue weighted by Crippen LogP contribution is 2.23. The predicted octanol–water partition coefficient (Wildman–Crippen LogP) is 4.10. The zero-order chi connectivity index (χ0) is 13.0. The van der Waals surface area contributed by atoms with Crippen LogP contribution < -0.4 is 5.73 Å². The van der Waals surface area contributed by atoms with Crippen molar-refractivity contribution in [3.8, 4) is 0 Å². The molecule has 0 heterocycles. The van der Waals surface area contributed by atoms with Crippen LogP contribution in [-0.4, -0.2) is 5.75 Å². The van der Waals surface area contributed by atoms with E-state index in [9.17, 15) is 0 Å². The second kappa shape index (κ2) is 6.07. The largest absolute Gasteiger partial charge is 0.323 e. The fourth-order valence-electron chi connectivity index (χ4n) is 1.73. The third-order valence-corrected chi connectivity index (χ3v) is 4.09. The molecule has 0 saturated heterocycles. The Labute approximate surface area is 113 Å². The minimum absolute atomic E-state index is 0.0944. The maximum Gasteiger partial charge on any atom is 0.0390 e. The van der Waals surface area contributed by atoms with E-state index in [0.29, 0.717) is 0 Å². The van der Waals surface area contributed by atoms with Crippen LogP contribution in [0.15, 0.2) is 53.4 Å². The van der Waals surface area contributed by atoms with Crippen molar-refractivity contribution < 1.29 is 0 Å². The number of aryl methyl sites for hydroxylation is 2. The fourth-order valence-corrected chi connectivity index (χ4v) is 2.62. The summed E-state index contributed by atoms with van der Waals surface area (Å²) in [5.74, 6) is 0.909. The summed E-state index contributed by atoms with van der Waals surface area (Å²) in [5.41, 5.74) is 9.98. The van der Waals surface area contributed by atoms with Gasteiger partial charge in [0.2, 0.25) is 0 Å². The van der Waals surface area contributed by atoms with Crippen LogP contribution in [0.4, 0.5) is 0 Å². The Kier molecular flexibility index (Phi) is 4.45. The molecule has 0 fully saturated rings. The van der Waals surface area contributed by atoms with Gasteiger partial charge in [-0.1, -0.05) is 47.5 Å². The van der Waals surface area contributed by atoms with E-state index in [1.807, 2.05) is 11.8 Å². The third kappa shape index (κ3) is 3.62. The lowest BCUT2D eigenvalue weighted by Crippen LogP contribution is -2.12. The quantitative estimate of drug-likeness (QED) is 0.835. The number of thioether (sulfide) groups is 1. The van der Waals surface area contributed by atoms with E-state index in [4.69, 9.17) is 5.73 Å². The molecule has 0 radical (unpaired) electrons. The highest BCUT2D eigenvalue weighted by Gasteiger charge is 2.06. The number of nitrogens with two attached hydrogens (primary N) is 1. The number of benzene rings is 2. The Morgan fingerprint density at radius 3 is 1.94 bits per heavy atom. The summed E-state index contributed by atoms with van der Waals surface area (Å²) in [6.07, 6.45) is 0. The van der Waals surface area contributed by atoms with Crippen molar-refractivity contribution >= 4 is 11.8 Å². The second-order valence-electron chi connectivity index (χ2n) is 4.64. The van der Waals surface area contributed by atoms with Gasteiger partial charge in [0.15, 0.2) is 0 Å². The number of hydrogen-bond acceptors (Lipinski definition) is 2. The summed E-state index contributed by atoms with van der Waals surface area (Å²) < 4.78 is 0. The molecule has 2 heteroatoms. The van der Waals surface area contributed by atoms with Gasteiger partial charge in [-0.2, -0.15) is 0 Å². The summed E-state index contributed by atoms with van der Waals surface area (Å²) in [6, 6.07) is 17.2. The van der Waals surface area contributed by atoms with Crippen LogP contribution in [0.2, 0.25) is 0 Å². The molecule has 2 N–H and O–H groups in total. The normalized spacial score (nSPS) is 12.4. The molecule has 0 aliphatic heterocycles. The van der Waals surface area contributed by atoms with Gasteiger partial charge in [0.25, 0.3) is 0 Å². The van der Waals surface area contributed by atoms with Crippen molar-refractivity contribution in [2.24, 2.45) is 5.73 Å². The lowest BCUT2D eigenvalue weighted by molar-refractivity contribution is 0.831. The molecule has 94 valence electrons. The Morgan fingerprint density at radius 2 is 1.39 bits per heavy atom. The van der Waals surface area contributed by atoms with E-state index in [1.165, 1.54) is 21.6 Å². The van der Waals surface area contributed by atoms with E-state index < -0.39 is 0 Å². The number of rotatable bonds is 4. The first-order valence-electron chi connectivity index (χ1n) is 6.17. The molecular formula is C16H19NS. The van der Waals surface area contributed by atoms with E-state index in [0.717, 1.165) is 5.75 Å². The first-order chi connectivity index (χ1) is 8.65. The van der Waals surface area contributed by atoms with Gasteiger partial charge >= 0.3 is 0 Å². The molecule has 18 heavy (non-hydrogen) atoms. The SMILES string of the molecule is Cc1ccc(SCC(N)c2ccc(C)cc2)cc1. The monoisotopic (exact) mass is 257 g/mol. The summed E-state index contributed by atoms with van der Waals surface area (Å²) in [5, 5.41) is 0. The van der Waals surface area contributed by atoms with Crippen LogP contribution >= 0.6 is 11.8 Å². The van der Waals surface area contributed by atoms with Crippen molar-refractivity contribution in [1.82, 2.24) is 0 Å². The Balaban J connectivity index is 1.93. The van der Waals surface area contributed by atoms with Gasteiger partial charge in [0.05, 0.1) is 0 Å². The molecule has 0 amide bonds. The summed E-state index contributed by atoms with van der Waals surface area (Å²) in [7, 11) is 0. The molecule has 2 aromatic carbocycles. The van der Waals surface area contributed by atoms with E-state index >= 15 is 0 Å². The Hall–Kier alpha value is -1.25. The van der Waals surface area contributed by atoms with Crippen LogP contribution in [0.1, 0.15) is 22.7 Å². The molecule has 1 unspecified atom stereocenters. The van der Waals surface area contributed by atoms with Crippen LogP contribution in [-0.2, 0) is 0 Å². The standard InChI is InChI=1S/C16H19NS/c1-12-3-7-14(8-4-12)16(17)11-18-15-9-5-13(2)6-10-15/h3-10,16H,11,17H2,1-2H3. The topological polar surface area (TPSA) is 26.0 Å². The van der Waals surface area contributed by atoms with Gasteiger partial charge in [0.1, 0.15) is 0 Å². The van der Waals surface area contributed by atoms with Gasteiger partial charge in [-0.15, -0.1) is 11.8 Å². The first-order valence-corrected chi connectivity index (χ1v) is 7.15. The number of hydrogen-bond donors (Lipinski definition) is 1. The van der Waals surface area contributed by atoms with Gasteiger partial charge in [-0.05, 0) is 31.5 Å². The minimum atomic E-state index is 0.0944. The summed E-state index contributed by atoms with van der Waals surface area (Å²) in [6.45, 7) is 4.20. The smallest absolute Gasteiger partial charge is 0.0390 e. The fraction of sp³-hybridized carbons (Fsp3) is 0.250. The molecule has 0 aliphatic rings. The molecule has 2 rings (SSSR count). The van der Waals surface area contributed by atoms with Crippen LogP contribution in [0.5, 0.6) is 0 Å². The lowest BCUT2D eigenvalue weighted by Gasteiger charge is -2.12. The maximum atomic E-state index is 6.20. The van der Waals surface area contributed by atoms with Crippen LogP contribution in [0.25, 0.3) is 0 Å². The predicted molar refractivity (Wildman–Crippen MR) is 80.0 cm³/mol. The summed E-state index contributed by atoms with van der Waals surface area (Å²) in [4.78, 5) is 1.28. The molecule has 0 saturated carbocycles. The van der Waals surface area contributed by atoms with Gasteiger partial charge in [-0.3, -0.25) is 0 Å².